The van der Waals surface area contributed by atoms with E-state index in [9.17, 15) is 9.90 Å². The molecule has 0 bridgehead atoms. The molecule has 0 aliphatic rings. The first-order valence-corrected chi connectivity index (χ1v) is 5.49. The highest BCUT2D eigenvalue weighted by Crippen LogP contribution is 2.22. The number of hydrogen-bond donors (Lipinski definition) is 3. The van der Waals surface area contributed by atoms with Crippen molar-refractivity contribution in [1.82, 2.24) is 10.6 Å². The molecule has 0 aliphatic heterocycles. The van der Waals surface area contributed by atoms with Crippen molar-refractivity contribution >= 4 is 5.91 Å². The van der Waals surface area contributed by atoms with E-state index in [1.165, 1.54) is 13.2 Å². The molecule has 0 heterocycles. The van der Waals surface area contributed by atoms with Crippen molar-refractivity contribution in [3.05, 3.63) is 23.8 Å². The number of hydrogen-bond acceptors (Lipinski definition) is 4. The van der Waals surface area contributed by atoms with Gasteiger partial charge >= 0.3 is 0 Å². The number of phenols is 1. The summed E-state index contributed by atoms with van der Waals surface area (Å²) in [7, 11) is 3.36. The van der Waals surface area contributed by atoms with Crippen LogP contribution in [0.15, 0.2) is 18.2 Å². The smallest absolute Gasteiger partial charge is 0.255 e. The van der Waals surface area contributed by atoms with Gasteiger partial charge in [0.25, 0.3) is 5.91 Å². The Morgan fingerprint density at radius 1 is 1.41 bits per heavy atom. The van der Waals surface area contributed by atoms with Gasteiger partial charge < -0.3 is 20.5 Å². The van der Waals surface area contributed by atoms with E-state index >= 15 is 0 Å². The van der Waals surface area contributed by atoms with Crippen LogP contribution in [-0.2, 0) is 0 Å². The third-order valence-electron chi connectivity index (χ3n) is 2.34. The minimum absolute atomic E-state index is 0.0736. The van der Waals surface area contributed by atoms with E-state index in [2.05, 4.69) is 10.6 Å². The van der Waals surface area contributed by atoms with Gasteiger partial charge in [-0.1, -0.05) is 0 Å². The molecule has 0 aromatic heterocycles. The predicted octanol–water partition coefficient (Wildman–Crippen LogP) is 0.740. The number of benzene rings is 1. The Hall–Kier alpha value is -1.75. The van der Waals surface area contributed by atoms with Crippen LogP contribution in [0.25, 0.3) is 0 Å². The highest BCUT2D eigenvalue weighted by atomic mass is 16.5. The van der Waals surface area contributed by atoms with E-state index in [0.717, 1.165) is 13.0 Å². The maximum absolute atomic E-state index is 11.7. The molecule has 1 amide bonds. The number of methoxy groups -OCH3 is 1. The standard InChI is InChI=1S/C12H18N2O3/c1-13-6-3-7-14-12(16)10-5-4-9(17-2)8-11(10)15/h4-5,8,13,15H,3,6-7H2,1-2H3,(H,14,16). The summed E-state index contributed by atoms with van der Waals surface area (Å²) in [5.74, 6) is 0.172. The molecule has 5 heteroatoms. The summed E-state index contributed by atoms with van der Waals surface area (Å²) in [6, 6.07) is 4.60. The lowest BCUT2D eigenvalue weighted by Crippen LogP contribution is -2.26. The first-order valence-electron chi connectivity index (χ1n) is 5.49. The van der Waals surface area contributed by atoms with Gasteiger partial charge in [0.15, 0.2) is 0 Å². The van der Waals surface area contributed by atoms with Crippen LogP contribution in [-0.4, -0.2) is 38.3 Å². The third kappa shape index (κ3) is 3.96. The van der Waals surface area contributed by atoms with Crippen molar-refractivity contribution in [2.24, 2.45) is 0 Å². The van der Waals surface area contributed by atoms with Gasteiger partial charge in [0, 0.05) is 12.6 Å². The Morgan fingerprint density at radius 3 is 2.76 bits per heavy atom. The lowest BCUT2D eigenvalue weighted by Gasteiger charge is -2.08. The zero-order valence-corrected chi connectivity index (χ0v) is 10.1. The fourth-order valence-corrected chi connectivity index (χ4v) is 1.39. The first-order chi connectivity index (χ1) is 8.19. The summed E-state index contributed by atoms with van der Waals surface area (Å²) in [4.78, 5) is 11.7. The average molecular weight is 238 g/mol. The van der Waals surface area contributed by atoms with E-state index < -0.39 is 0 Å². The second kappa shape index (κ2) is 6.75. The number of amides is 1. The Bertz CT molecular complexity index is 380. The largest absolute Gasteiger partial charge is 0.507 e. The molecule has 0 unspecified atom stereocenters. The Kier molecular flexibility index (Phi) is 5.29. The number of ether oxygens (including phenoxy) is 1. The molecular weight excluding hydrogens is 220 g/mol. The van der Waals surface area contributed by atoms with Gasteiger partial charge in [-0.05, 0) is 32.1 Å². The molecule has 0 atom stereocenters. The lowest BCUT2D eigenvalue weighted by molar-refractivity contribution is 0.0950. The van der Waals surface area contributed by atoms with E-state index in [0.29, 0.717) is 12.3 Å². The minimum atomic E-state index is -0.277. The van der Waals surface area contributed by atoms with Crippen molar-refractivity contribution in [1.29, 1.82) is 0 Å². The number of phenolic OH excluding ortho intramolecular Hbond substituents is 1. The summed E-state index contributed by atoms with van der Waals surface area (Å²) in [6.07, 6.45) is 0.846. The molecule has 5 nitrogen and oxygen atoms in total. The van der Waals surface area contributed by atoms with Gasteiger partial charge in [0.1, 0.15) is 11.5 Å². The number of carbonyl (C=O) groups is 1. The Balaban J connectivity index is 2.57. The molecule has 1 rings (SSSR count). The maximum atomic E-state index is 11.7. The van der Waals surface area contributed by atoms with Gasteiger partial charge in [-0.3, -0.25) is 4.79 Å². The fraction of sp³-hybridized carbons (Fsp3) is 0.417. The molecular formula is C12H18N2O3. The number of aromatic hydroxyl groups is 1. The van der Waals surface area contributed by atoms with Crippen molar-refractivity contribution in [2.45, 2.75) is 6.42 Å². The number of rotatable bonds is 6. The van der Waals surface area contributed by atoms with Crippen molar-refractivity contribution < 1.29 is 14.6 Å². The molecule has 0 radical (unpaired) electrons. The molecule has 0 saturated carbocycles. The van der Waals surface area contributed by atoms with Crippen molar-refractivity contribution in [3.8, 4) is 11.5 Å². The SMILES string of the molecule is CNCCCNC(=O)c1ccc(OC)cc1O. The normalized spacial score (nSPS) is 10.0. The van der Waals surface area contributed by atoms with E-state index in [1.54, 1.807) is 12.1 Å². The molecule has 0 aliphatic carbocycles. The van der Waals surface area contributed by atoms with Crippen LogP contribution < -0.4 is 15.4 Å². The zero-order valence-electron chi connectivity index (χ0n) is 10.1. The summed E-state index contributed by atoms with van der Waals surface area (Å²) in [5, 5.41) is 15.4. The summed E-state index contributed by atoms with van der Waals surface area (Å²) in [5.41, 5.74) is 0.259. The van der Waals surface area contributed by atoms with Gasteiger partial charge in [-0.15, -0.1) is 0 Å². The third-order valence-corrected chi connectivity index (χ3v) is 2.34. The lowest BCUT2D eigenvalue weighted by atomic mass is 10.2. The summed E-state index contributed by atoms with van der Waals surface area (Å²) >= 11 is 0. The van der Waals surface area contributed by atoms with E-state index in [4.69, 9.17) is 4.74 Å². The van der Waals surface area contributed by atoms with Crippen molar-refractivity contribution in [2.75, 3.05) is 27.2 Å². The number of nitrogens with one attached hydrogen (secondary N) is 2. The first kappa shape index (κ1) is 13.3. The maximum Gasteiger partial charge on any atom is 0.255 e. The van der Waals surface area contributed by atoms with Crippen LogP contribution >= 0.6 is 0 Å². The topological polar surface area (TPSA) is 70.6 Å². The molecule has 3 N–H and O–H groups in total. The molecule has 1 aromatic carbocycles. The van der Waals surface area contributed by atoms with E-state index in [-0.39, 0.29) is 17.2 Å². The molecule has 17 heavy (non-hydrogen) atoms. The van der Waals surface area contributed by atoms with Crippen LogP contribution in [0.4, 0.5) is 0 Å². The highest BCUT2D eigenvalue weighted by molar-refractivity contribution is 5.96. The minimum Gasteiger partial charge on any atom is -0.507 e. The second-order valence-electron chi connectivity index (χ2n) is 3.60. The molecule has 0 spiro atoms. The zero-order chi connectivity index (χ0) is 12.7. The predicted molar refractivity (Wildman–Crippen MR) is 65.5 cm³/mol. The van der Waals surface area contributed by atoms with Crippen LogP contribution in [0.3, 0.4) is 0 Å². The Labute approximate surface area is 101 Å². The fourth-order valence-electron chi connectivity index (χ4n) is 1.39. The van der Waals surface area contributed by atoms with Gasteiger partial charge in [0.05, 0.1) is 12.7 Å². The van der Waals surface area contributed by atoms with E-state index in [1.807, 2.05) is 7.05 Å². The van der Waals surface area contributed by atoms with Gasteiger partial charge in [0.2, 0.25) is 0 Å². The van der Waals surface area contributed by atoms with Gasteiger partial charge in [-0.25, -0.2) is 0 Å². The molecule has 0 fully saturated rings. The summed E-state index contributed by atoms with van der Waals surface area (Å²) in [6.45, 7) is 1.42. The second-order valence-corrected chi connectivity index (χ2v) is 3.60. The van der Waals surface area contributed by atoms with Crippen LogP contribution in [0.2, 0.25) is 0 Å². The molecule has 94 valence electrons. The van der Waals surface area contributed by atoms with Crippen LogP contribution in [0.5, 0.6) is 11.5 Å². The molecule has 1 aromatic rings. The Morgan fingerprint density at radius 2 is 2.18 bits per heavy atom. The monoisotopic (exact) mass is 238 g/mol. The van der Waals surface area contributed by atoms with Gasteiger partial charge in [-0.2, -0.15) is 0 Å². The number of carbonyl (C=O) groups excluding carboxylic acids is 1. The average Bonchev–Trinajstić information content (AvgIpc) is 2.34. The highest BCUT2D eigenvalue weighted by Gasteiger charge is 2.10. The van der Waals surface area contributed by atoms with Crippen LogP contribution in [0.1, 0.15) is 16.8 Å². The van der Waals surface area contributed by atoms with Crippen molar-refractivity contribution in [3.63, 3.8) is 0 Å². The summed E-state index contributed by atoms with van der Waals surface area (Å²) < 4.78 is 4.94. The van der Waals surface area contributed by atoms with Crippen LogP contribution in [0, 0.1) is 0 Å². The molecule has 0 saturated heterocycles. The quantitative estimate of drug-likeness (QED) is 0.639.